The Morgan fingerprint density at radius 3 is 2.66 bits per heavy atom. The predicted molar refractivity (Wildman–Crippen MR) is 107 cm³/mol. The predicted octanol–water partition coefficient (Wildman–Crippen LogP) is 4.41. The van der Waals surface area contributed by atoms with Crippen molar-refractivity contribution in [1.29, 1.82) is 0 Å². The number of nitrogens with zero attached hydrogens (tertiary/aromatic N) is 3. The Morgan fingerprint density at radius 2 is 1.93 bits per heavy atom. The van der Waals surface area contributed by atoms with Gasteiger partial charge in [-0.15, -0.1) is 11.3 Å². The fourth-order valence-electron chi connectivity index (χ4n) is 3.19. The molecule has 0 N–H and O–H groups in total. The molecule has 2 aliphatic heterocycles. The third kappa shape index (κ3) is 4.06. The van der Waals surface area contributed by atoms with Gasteiger partial charge in [0.25, 0.3) is 5.91 Å². The van der Waals surface area contributed by atoms with E-state index < -0.39 is 17.6 Å². The van der Waals surface area contributed by atoms with Gasteiger partial charge in [-0.3, -0.25) is 4.79 Å². The van der Waals surface area contributed by atoms with Gasteiger partial charge < -0.3 is 9.64 Å². The number of amides is 1. The number of thiophene rings is 1. The number of alkyl halides is 3. The fraction of sp³-hybridized carbons (Fsp3) is 0.300. The minimum atomic E-state index is -4.48. The minimum absolute atomic E-state index is 0.0905. The second kappa shape index (κ2) is 7.64. The van der Waals surface area contributed by atoms with E-state index in [1.54, 1.807) is 24.3 Å². The van der Waals surface area contributed by atoms with E-state index in [1.807, 2.05) is 12.1 Å². The number of carbonyl (C=O) groups is 1. The summed E-state index contributed by atoms with van der Waals surface area (Å²) < 4.78 is 44.3. The molecule has 0 aliphatic carbocycles. The molecule has 152 valence electrons. The molecule has 0 spiro atoms. The first kappa shape index (κ1) is 19.7. The zero-order chi connectivity index (χ0) is 20.6. The Kier molecular flexibility index (Phi) is 5.18. The van der Waals surface area contributed by atoms with Gasteiger partial charge in [-0.05, 0) is 43.3 Å². The summed E-state index contributed by atoms with van der Waals surface area (Å²) in [5, 5.41) is 6.29. The Bertz CT molecular complexity index is 991. The highest BCUT2D eigenvalue weighted by Crippen LogP contribution is 2.34. The van der Waals surface area contributed by atoms with Crippen LogP contribution in [-0.4, -0.2) is 37.9 Å². The monoisotopic (exact) mass is 421 g/mol. The number of hydrogen-bond acceptors (Lipinski definition) is 5. The van der Waals surface area contributed by atoms with Gasteiger partial charge in [0.2, 0.25) is 0 Å². The average molecular weight is 421 g/mol. The summed E-state index contributed by atoms with van der Waals surface area (Å²) in [6.45, 7) is 4.68. The molecule has 0 bridgehead atoms. The third-order valence-corrected chi connectivity index (χ3v) is 5.80. The standard InChI is InChI=1S/C20H18F3N3O2S/c1-13-17(12-16-5-6-18(29-16)25-7-9-28-10-8-25)19(27)26(24-13)15-4-2-3-14(11-15)20(21,22)23/h2-6,11-12H,7-10H2,1H3/b17-12+. The van der Waals surface area contributed by atoms with Crippen LogP contribution in [0.15, 0.2) is 47.1 Å². The summed E-state index contributed by atoms with van der Waals surface area (Å²) in [5.74, 6) is -0.442. The molecule has 5 nitrogen and oxygen atoms in total. The summed E-state index contributed by atoms with van der Waals surface area (Å²) in [5.41, 5.74) is 0.112. The molecule has 1 aromatic carbocycles. The maximum absolute atomic E-state index is 13.0. The van der Waals surface area contributed by atoms with Gasteiger partial charge in [0, 0.05) is 18.0 Å². The summed E-state index contributed by atoms with van der Waals surface area (Å²) >= 11 is 1.55. The molecule has 0 saturated carbocycles. The Balaban J connectivity index is 1.57. The van der Waals surface area contributed by atoms with Crippen LogP contribution in [0.5, 0.6) is 0 Å². The van der Waals surface area contributed by atoms with Crippen LogP contribution in [0.2, 0.25) is 0 Å². The summed E-state index contributed by atoms with van der Waals surface area (Å²) in [6.07, 6.45) is -2.74. The molecule has 29 heavy (non-hydrogen) atoms. The highest BCUT2D eigenvalue weighted by Gasteiger charge is 2.33. The maximum atomic E-state index is 13.0. The summed E-state index contributed by atoms with van der Waals surface area (Å²) in [7, 11) is 0. The van der Waals surface area contributed by atoms with E-state index in [9.17, 15) is 18.0 Å². The van der Waals surface area contributed by atoms with Gasteiger partial charge in [-0.1, -0.05) is 6.07 Å². The molecule has 0 atom stereocenters. The van der Waals surface area contributed by atoms with E-state index in [1.165, 1.54) is 12.1 Å². The molecule has 2 aliphatic rings. The minimum Gasteiger partial charge on any atom is -0.378 e. The zero-order valence-electron chi connectivity index (χ0n) is 15.6. The van der Waals surface area contributed by atoms with Crippen LogP contribution >= 0.6 is 11.3 Å². The van der Waals surface area contributed by atoms with Crippen LogP contribution in [0.1, 0.15) is 17.4 Å². The number of hydrazone groups is 1. The number of morpholine rings is 1. The lowest BCUT2D eigenvalue weighted by Gasteiger charge is -2.27. The quantitative estimate of drug-likeness (QED) is 0.690. The SMILES string of the molecule is CC1=NN(c2cccc(C(F)(F)F)c2)C(=O)/C1=C/c1ccc(N2CCOCC2)s1. The van der Waals surface area contributed by atoms with Gasteiger partial charge >= 0.3 is 6.18 Å². The van der Waals surface area contributed by atoms with Crippen LogP contribution in [0, 0.1) is 0 Å². The maximum Gasteiger partial charge on any atom is 0.416 e. The Hall–Kier alpha value is -2.65. The van der Waals surface area contributed by atoms with Crippen LogP contribution < -0.4 is 9.91 Å². The largest absolute Gasteiger partial charge is 0.416 e. The van der Waals surface area contributed by atoms with Crippen molar-refractivity contribution in [1.82, 2.24) is 0 Å². The van der Waals surface area contributed by atoms with Crippen LogP contribution in [0.3, 0.4) is 0 Å². The number of halogens is 3. The lowest BCUT2D eigenvalue weighted by molar-refractivity contribution is -0.137. The van der Waals surface area contributed by atoms with E-state index in [2.05, 4.69) is 10.0 Å². The molecule has 3 heterocycles. The van der Waals surface area contributed by atoms with Gasteiger partial charge in [0.1, 0.15) is 0 Å². The van der Waals surface area contributed by atoms with E-state index in [4.69, 9.17) is 4.74 Å². The first-order chi connectivity index (χ1) is 13.8. The molecular weight excluding hydrogens is 403 g/mol. The van der Waals surface area contributed by atoms with Crippen molar-refractivity contribution in [2.45, 2.75) is 13.1 Å². The van der Waals surface area contributed by atoms with Gasteiger partial charge in [-0.25, -0.2) is 0 Å². The molecule has 4 rings (SSSR count). The van der Waals surface area contributed by atoms with E-state index in [0.717, 1.165) is 40.1 Å². The van der Waals surface area contributed by atoms with E-state index in [0.29, 0.717) is 24.5 Å². The molecule has 0 radical (unpaired) electrons. The summed E-state index contributed by atoms with van der Waals surface area (Å²) in [6, 6.07) is 8.53. The van der Waals surface area contributed by atoms with Crippen molar-refractivity contribution in [3.05, 3.63) is 52.4 Å². The smallest absolute Gasteiger partial charge is 0.378 e. The fourth-order valence-corrected chi connectivity index (χ4v) is 4.19. The number of rotatable bonds is 3. The first-order valence-electron chi connectivity index (χ1n) is 9.04. The second-order valence-electron chi connectivity index (χ2n) is 6.68. The highest BCUT2D eigenvalue weighted by atomic mass is 32.1. The zero-order valence-corrected chi connectivity index (χ0v) is 16.4. The molecule has 1 amide bonds. The van der Waals surface area contributed by atoms with Crippen molar-refractivity contribution < 1.29 is 22.7 Å². The number of hydrogen-bond donors (Lipinski definition) is 0. The lowest BCUT2D eigenvalue weighted by atomic mass is 10.1. The molecule has 2 aromatic rings. The van der Waals surface area contributed by atoms with Crippen molar-refractivity contribution in [3.63, 3.8) is 0 Å². The number of anilines is 2. The first-order valence-corrected chi connectivity index (χ1v) is 9.86. The summed E-state index contributed by atoms with van der Waals surface area (Å²) in [4.78, 5) is 15.9. The number of carbonyl (C=O) groups excluding carboxylic acids is 1. The van der Waals surface area contributed by atoms with E-state index >= 15 is 0 Å². The topological polar surface area (TPSA) is 45.1 Å². The highest BCUT2D eigenvalue weighted by molar-refractivity contribution is 7.17. The van der Waals surface area contributed by atoms with E-state index in [-0.39, 0.29) is 5.69 Å². The van der Waals surface area contributed by atoms with Crippen LogP contribution in [0.4, 0.5) is 23.9 Å². The Morgan fingerprint density at radius 1 is 1.17 bits per heavy atom. The molecule has 1 aromatic heterocycles. The van der Waals surface area contributed by atoms with Gasteiger partial charge in [0.05, 0.1) is 40.8 Å². The van der Waals surface area contributed by atoms with Gasteiger partial charge in [0.15, 0.2) is 0 Å². The van der Waals surface area contributed by atoms with Crippen molar-refractivity contribution >= 4 is 39.7 Å². The molecule has 1 saturated heterocycles. The lowest BCUT2D eigenvalue weighted by Crippen LogP contribution is -2.35. The number of ether oxygens (including phenoxy) is 1. The molecule has 1 fully saturated rings. The normalized spacial score (nSPS) is 19.2. The van der Waals surface area contributed by atoms with Gasteiger partial charge in [-0.2, -0.15) is 23.3 Å². The molecular formula is C20H18F3N3O2S. The second-order valence-corrected chi connectivity index (χ2v) is 7.78. The van der Waals surface area contributed by atoms with Crippen molar-refractivity contribution in [3.8, 4) is 0 Å². The molecule has 9 heteroatoms. The average Bonchev–Trinajstić information content (AvgIpc) is 3.28. The van der Waals surface area contributed by atoms with Crippen molar-refractivity contribution in [2.24, 2.45) is 5.10 Å². The van der Waals surface area contributed by atoms with Crippen LogP contribution in [-0.2, 0) is 15.7 Å². The molecule has 0 unspecified atom stereocenters. The third-order valence-electron chi connectivity index (χ3n) is 4.70. The van der Waals surface area contributed by atoms with Crippen LogP contribution in [0.25, 0.3) is 6.08 Å². The van der Waals surface area contributed by atoms with Crippen molar-refractivity contribution in [2.75, 3.05) is 36.2 Å². The number of benzene rings is 1. The Labute approximate surface area is 169 Å².